The maximum atomic E-state index is 5.67. The zero-order valence-corrected chi connectivity index (χ0v) is 10.3. The summed E-state index contributed by atoms with van der Waals surface area (Å²) in [6.45, 7) is 6.47. The van der Waals surface area contributed by atoms with Crippen LogP contribution in [-0.2, 0) is 6.42 Å². The second-order valence-corrected chi connectivity index (χ2v) is 5.00. The summed E-state index contributed by atoms with van der Waals surface area (Å²) in [5, 5.41) is 0. The molecule has 0 radical (unpaired) electrons. The molecular formula is C14H22N2. The summed E-state index contributed by atoms with van der Waals surface area (Å²) in [7, 11) is 0. The molecule has 0 amide bonds. The van der Waals surface area contributed by atoms with Crippen molar-refractivity contribution in [2.45, 2.75) is 32.7 Å². The minimum Gasteiger partial charge on any atom is -0.368 e. The highest BCUT2D eigenvalue weighted by atomic mass is 15.2. The second-order valence-electron chi connectivity index (χ2n) is 5.00. The SMILES string of the molecule is CC(CN)CCN1c2ccccc2CC1C. The zero-order chi connectivity index (χ0) is 11.5. The third-order valence-electron chi connectivity index (χ3n) is 3.61. The van der Waals surface area contributed by atoms with E-state index < -0.39 is 0 Å². The number of anilines is 1. The van der Waals surface area contributed by atoms with Crippen molar-refractivity contribution in [3.05, 3.63) is 29.8 Å². The van der Waals surface area contributed by atoms with E-state index in [1.165, 1.54) is 24.1 Å². The van der Waals surface area contributed by atoms with Gasteiger partial charge in [0.25, 0.3) is 0 Å². The number of nitrogens with zero attached hydrogens (tertiary/aromatic N) is 1. The van der Waals surface area contributed by atoms with E-state index in [0.29, 0.717) is 12.0 Å². The highest BCUT2D eigenvalue weighted by molar-refractivity contribution is 5.59. The van der Waals surface area contributed by atoms with Crippen molar-refractivity contribution in [3.63, 3.8) is 0 Å². The number of rotatable bonds is 4. The van der Waals surface area contributed by atoms with Gasteiger partial charge in [-0.3, -0.25) is 0 Å². The predicted molar refractivity (Wildman–Crippen MR) is 69.8 cm³/mol. The van der Waals surface area contributed by atoms with Gasteiger partial charge in [0.2, 0.25) is 0 Å². The van der Waals surface area contributed by atoms with Crippen molar-refractivity contribution in [2.75, 3.05) is 18.0 Å². The van der Waals surface area contributed by atoms with Gasteiger partial charge in [-0.2, -0.15) is 0 Å². The van der Waals surface area contributed by atoms with Crippen molar-refractivity contribution in [1.82, 2.24) is 0 Å². The van der Waals surface area contributed by atoms with Crippen LogP contribution in [0.25, 0.3) is 0 Å². The lowest BCUT2D eigenvalue weighted by Crippen LogP contribution is -2.31. The summed E-state index contributed by atoms with van der Waals surface area (Å²) < 4.78 is 0. The van der Waals surface area contributed by atoms with Crippen LogP contribution in [-0.4, -0.2) is 19.1 Å². The van der Waals surface area contributed by atoms with Crippen LogP contribution in [0.4, 0.5) is 5.69 Å². The maximum Gasteiger partial charge on any atom is 0.0402 e. The summed E-state index contributed by atoms with van der Waals surface area (Å²) >= 11 is 0. The lowest BCUT2D eigenvalue weighted by molar-refractivity contribution is 0.522. The molecule has 2 rings (SSSR count). The van der Waals surface area contributed by atoms with E-state index in [1.807, 2.05) is 0 Å². The van der Waals surface area contributed by atoms with Crippen LogP contribution in [0.15, 0.2) is 24.3 Å². The average molecular weight is 218 g/mol. The Morgan fingerprint density at radius 1 is 1.44 bits per heavy atom. The molecule has 0 aromatic heterocycles. The van der Waals surface area contributed by atoms with Crippen LogP contribution in [0.2, 0.25) is 0 Å². The van der Waals surface area contributed by atoms with Crippen molar-refractivity contribution >= 4 is 5.69 Å². The quantitative estimate of drug-likeness (QED) is 0.841. The molecule has 1 aromatic rings. The van der Waals surface area contributed by atoms with Crippen LogP contribution < -0.4 is 10.6 Å². The van der Waals surface area contributed by atoms with Crippen LogP contribution in [0.3, 0.4) is 0 Å². The molecule has 2 atom stereocenters. The Hall–Kier alpha value is -1.02. The Labute approximate surface area is 98.4 Å². The summed E-state index contributed by atoms with van der Waals surface area (Å²) in [5.74, 6) is 0.625. The Morgan fingerprint density at radius 2 is 2.19 bits per heavy atom. The van der Waals surface area contributed by atoms with E-state index in [1.54, 1.807) is 0 Å². The molecule has 2 N–H and O–H groups in total. The highest BCUT2D eigenvalue weighted by Crippen LogP contribution is 2.31. The number of para-hydroxylation sites is 1. The monoisotopic (exact) mass is 218 g/mol. The fourth-order valence-electron chi connectivity index (χ4n) is 2.45. The van der Waals surface area contributed by atoms with Crippen molar-refractivity contribution < 1.29 is 0 Å². The van der Waals surface area contributed by atoms with Gasteiger partial charge in [-0.05, 0) is 43.9 Å². The van der Waals surface area contributed by atoms with E-state index in [-0.39, 0.29) is 0 Å². The smallest absolute Gasteiger partial charge is 0.0402 e. The van der Waals surface area contributed by atoms with E-state index in [0.717, 1.165) is 13.1 Å². The molecule has 2 heteroatoms. The Kier molecular flexibility index (Phi) is 3.49. The maximum absolute atomic E-state index is 5.67. The summed E-state index contributed by atoms with van der Waals surface area (Å²) in [6.07, 6.45) is 2.38. The lowest BCUT2D eigenvalue weighted by Gasteiger charge is -2.26. The zero-order valence-electron chi connectivity index (χ0n) is 10.3. The van der Waals surface area contributed by atoms with Gasteiger partial charge in [0.15, 0.2) is 0 Å². The average Bonchev–Trinajstić information content (AvgIpc) is 2.62. The van der Waals surface area contributed by atoms with Crippen molar-refractivity contribution in [2.24, 2.45) is 11.7 Å². The van der Waals surface area contributed by atoms with Crippen molar-refractivity contribution in [3.8, 4) is 0 Å². The van der Waals surface area contributed by atoms with Gasteiger partial charge < -0.3 is 10.6 Å². The third kappa shape index (κ3) is 2.22. The van der Waals surface area contributed by atoms with Gasteiger partial charge in [0.1, 0.15) is 0 Å². The fraction of sp³-hybridized carbons (Fsp3) is 0.571. The number of hydrogen-bond acceptors (Lipinski definition) is 2. The molecule has 1 aliphatic rings. The highest BCUT2D eigenvalue weighted by Gasteiger charge is 2.24. The molecule has 0 aliphatic carbocycles. The first-order chi connectivity index (χ1) is 7.72. The Morgan fingerprint density at radius 3 is 2.94 bits per heavy atom. The Balaban J connectivity index is 2.04. The van der Waals surface area contributed by atoms with Crippen molar-refractivity contribution in [1.29, 1.82) is 0 Å². The molecule has 88 valence electrons. The molecule has 0 saturated carbocycles. The predicted octanol–water partition coefficient (Wildman–Crippen LogP) is 2.42. The van der Waals surface area contributed by atoms with Crippen LogP contribution >= 0.6 is 0 Å². The lowest BCUT2D eigenvalue weighted by atomic mass is 10.1. The normalized spacial score (nSPS) is 20.9. The number of nitrogens with two attached hydrogens (primary N) is 1. The Bertz CT molecular complexity index is 348. The summed E-state index contributed by atoms with van der Waals surface area (Å²) in [6, 6.07) is 9.40. The molecule has 0 saturated heterocycles. The van der Waals surface area contributed by atoms with E-state index in [4.69, 9.17) is 5.73 Å². The molecular weight excluding hydrogens is 196 g/mol. The van der Waals surface area contributed by atoms with Gasteiger partial charge in [0.05, 0.1) is 0 Å². The minimum absolute atomic E-state index is 0.625. The first-order valence-corrected chi connectivity index (χ1v) is 6.27. The second kappa shape index (κ2) is 4.88. The third-order valence-corrected chi connectivity index (χ3v) is 3.61. The molecule has 16 heavy (non-hydrogen) atoms. The van der Waals surface area contributed by atoms with Gasteiger partial charge in [-0.15, -0.1) is 0 Å². The topological polar surface area (TPSA) is 29.3 Å². The molecule has 0 fully saturated rings. The number of fused-ring (bicyclic) bond motifs is 1. The molecule has 2 unspecified atom stereocenters. The van der Waals surface area contributed by atoms with Gasteiger partial charge in [-0.1, -0.05) is 25.1 Å². The van der Waals surface area contributed by atoms with Crippen LogP contribution in [0, 0.1) is 5.92 Å². The first-order valence-electron chi connectivity index (χ1n) is 6.27. The molecule has 0 spiro atoms. The van der Waals surface area contributed by atoms with Gasteiger partial charge in [-0.25, -0.2) is 0 Å². The molecule has 0 bridgehead atoms. The summed E-state index contributed by atoms with van der Waals surface area (Å²) in [4.78, 5) is 2.53. The van der Waals surface area contributed by atoms with Gasteiger partial charge >= 0.3 is 0 Å². The van der Waals surface area contributed by atoms with Crippen LogP contribution in [0.1, 0.15) is 25.8 Å². The van der Waals surface area contributed by atoms with Crippen LogP contribution in [0.5, 0.6) is 0 Å². The molecule has 1 aliphatic heterocycles. The fourth-order valence-corrected chi connectivity index (χ4v) is 2.45. The number of benzene rings is 1. The minimum atomic E-state index is 0.625. The van der Waals surface area contributed by atoms with E-state index >= 15 is 0 Å². The van der Waals surface area contributed by atoms with E-state index in [2.05, 4.69) is 43.0 Å². The first kappa shape index (κ1) is 11.5. The van der Waals surface area contributed by atoms with E-state index in [9.17, 15) is 0 Å². The summed E-state index contributed by atoms with van der Waals surface area (Å²) in [5.41, 5.74) is 8.59. The van der Waals surface area contributed by atoms with Gasteiger partial charge in [0, 0.05) is 18.3 Å². The standard InChI is InChI=1S/C14H22N2/c1-11(10-15)7-8-16-12(2)9-13-5-3-4-6-14(13)16/h3-6,11-12H,7-10,15H2,1-2H3. The molecule has 1 heterocycles. The number of hydrogen-bond donors (Lipinski definition) is 1. The largest absolute Gasteiger partial charge is 0.368 e. The molecule has 2 nitrogen and oxygen atoms in total. The molecule has 1 aromatic carbocycles.